The number of carbonyl (C=O) groups is 1. The average molecular weight is 307 g/mol. The Hall–Kier alpha value is -1.85. The number of amides is 1. The fraction of sp³-hybridized carbons (Fsp3) is 0.333. The predicted molar refractivity (Wildman–Crippen MR) is 84.7 cm³/mol. The molecule has 1 atom stereocenters. The second kappa shape index (κ2) is 7.24. The normalized spacial score (nSPS) is 12.1. The van der Waals surface area contributed by atoms with E-state index in [1.807, 2.05) is 13.0 Å². The molecule has 3 N–H and O–H groups in total. The molecule has 1 unspecified atom stereocenters. The molecule has 0 saturated carbocycles. The Labute approximate surface area is 129 Å². The highest BCUT2D eigenvalue weighted by atomic mass is 35.5. The zero-order valence-corrected chi connectivity index (χ0v) is 12.7. The van der Waals surface area contributed by atoms with E-state index in [2.05, 4.69) is 10.4 Å². The number of hydrogen-bond donors (Lipinski definition) is 2. The van der Waals surface area contributed by atoms with Gasteiger partial charge in [0.05, 0.1) is 10.7 Å². The quantitative estimate of drug-likeness (QED) is 0.862. The number of hydrogen-bond acceptors (Lipinski definition) is 3. The highest BCUT2D eigenvalue weighted by molar-refractivity contribution is 6.33. The summed E-state index contributed by atoms with van der Waals surface area (Å²) in [5, 5.41) is 7.60. The molecular formula is C15H19ClN4O. The van der Waals surface area contributed by atoms with Crippen LogP contribution in [0.5, 0.6) is 0 Å². The van der Waals surface area contributed by atoms with Crippen molar-refractivity contribution in [2.75, 3.05) is 11.9 Å². The smallest absolute Gasteiger partial charge is 0.224 e. The van der Waals surface area contributed by atoms with Crippen molar-refractivity contribution < 1.29 is 4.79 Å². The van der Waals surface area contributed by atoms with Gasteiger partial charge < -0.3 is 11.1 Å². The van der Waals surface area contributed by atoms with Crippen LogP contribution in [0.4, 0.5) is 5.69 Å². The highest BCUT2D eigenvalue weighted by Crippen LogP contribution is 2.28. The number of nitrogens with two attached hydrogens (primary N) is 1. The van der Waals surface area contributed by atoms with Crippen LogP contribution in [0.25, 0.3) is 5.69 Å². The van der Waals surface area contributed by atoms with Gasteiger partial charge in [-0.3, -0.25) is 4.79 Å². The topological polar surface area (TPSA) is 72.9 Å². The molecule has 0 bridgehead atoms. The van der Waals surface area contributed by atoms with E-state index in [0.717, 1.165) is 6.42 Å². The van der Waals surface area contributed by atoms with Crippen LogP contribution in [0.1, 0.15) is 19.8 Å². The number of nitrogens with zero attached hydrogens (tertiary/aromatic N) is 2. The SMILES string of the molecule is CC(CN)CCC(=O)Nc1cccc(Cl)c1-n1cccn1. The zero-order valence-electron chi connectivity index (χ0n) is 11.9. The molecule has 0 aliphatic heterocycles. The van der Waals surface area contributed by atoms with Crippen LogP contribution in [0.2, 0.25) is 5.02 Å². The van der Waals surface area contributed by atoms with E-state index in [4.69, 9.17) is 17.3 Å². The summed E-state index contributed by atoms with van der Waals surface area (Å²) in [6.45, 7) is 2.62. The van der Waals surface area contributed by atoms with Crippen molar-refractivity contribution >= 4 is 23.2 Å². The van der Waals surface area contributed by atoms with Crippen LogP contribution in [-0.4, -0.2) is 22.2 Å². The number of para-hydroxylation sites is 1. The summed E-state index contributed by atoms with van der Waals surface area (Å²) < 4.78 is 1.64. The monoisotopic (exact) mass is 306 g/mol. The number of rotatable bonds is 6. The van der Waals surface area contributed by atoms with Crippen molar-refractivity contribution in [2.24, 2.45) is 11.7 Å². The van der Waals surface area contributed by atoms with Crippen LogP contribution >= 0.6 is 11.6 Å². The predicted octanol–water partition coefficient (Wildman–Crippen LogP) is 2.84. The molecule has 0 radical (unpaired) electrons. The molecule has 21 heavy (non-hydrogen) atoms. The van der Waals surface area contributed by atoms with Gasteiger partial charge in [-0.15, -0.1) is 0 Å². The first-order valence-corrected chi connectivity index (χ1v) is 7.28. The Morgan fingerprint density at radius 2 is 2.29 bits per heavy atom. The van der Waals surface area contributed by atoms with Gasteiger partial charge in [-0.2, -0.15) is 5.10 Å². The number of halogens is 1. The van der Waals surface area contributed by atoms with Gasteiger partial charge in [-0.25, -0.2) is 4.68 Å². The summed E-state index contributed by atoms with van der Waals surface area (Å²) in [4.78, 5) is 12.0. The third kappa shape index (κ3) is 4.06. The van der Waals surface area contributed by atoms with Crippen molar-refractivity contribution in [1.29, 1.82) is 0 Å². The molecule has 1 heterocycles. The lowest BCUT2D eigenvalue weighted by Gasteiger charge is -2.13. The van der Waals surface area contributed by atoms with Crippen LogP contribution in [0.15, 0.2) is 36.7 Å². The number of benzene rings is 1. The first kappa shape index (κ1) is 15.5. The number of nitrogens with one attached hydrogen (secondary N) is 1. The summed E-state index contributed by atoms with van der Waals surface area (Å²) in [7, 11) is 0. The molecule has 5 nitrogen and oxygen atoms in total. The molecule has 0 aliphatic rings. The Morgan fingerprint density at radius 3 is 2.95 bits per heavy atom. The number of aromatic nitrogens is 2. The molecule has 1 amide bonds. The van der Waals surface area contributed by atoms with Gasteiger partial charge in [-0.1, -0.05) is 24.6 Å². The van der Waals surface area contributed by atoms with Gasteiger partial charge >= 0.3 is 0 Å². The number of carbonyl (C=O) groups excluding carboxylic acids is 1. The summed E-state index contributed by atoms with van der Waals surface area (Å²) in [5.74, 6) is 0.284. The molecule has 1 aromatic heterocycles. The van der Waals surface area contributed by atoms with Gasteiger partial charge in [-0.05, 0) is 37.1 Å². The van der Waals surface area contributed by atoms with Crippen molar-refractivity contribution in [1.82, 2.24) is 9.78 Å². The Morgan fingerprint density at radius 1 is 1.48 bits per heavy atom. The van der Waals surface area contributed by atoms with Gasteiger partial charge in [0.15, 0.2) is 0 Å². The van der Waals surface area contributed by atoms with Crippen molar-refractivity contribution in [3.8, 4) is 5.69 Å². The molecule has 0 saturated heterocycles. The molecule has 112 valence electrons. The lowest BCUT2D eigenvalue weighted by Crippen LogP contribution is -2.17. The lowest BCUT2D eigenvalue weighted by atomic mass is 10.1. The first-order chi connectivity index (χ1) is 10.1. The first-order valence-electron chi connectivity index (χ1n) is 6.90. The minimum Gasteiger partial charge on any atom is -0.330 e. The lowest BCUT2D eigenvalue weighted by molar-refractivity contribution is -0.116. The molecular weight excluding hydrogens is 288 g/mol. The Kier molecular flexibility index (Phi) is 5.36. The van der Waals surface area contributed by atoms with Gasteiger partial charge in [0.2, 0.25) is 5.91 Å². The van der Waals surface area contributed by atoms with Crippen LogP contribution in [0, 0.1) is 5.92 Å². The largest absolute Gasteiger partial charge is 0.330 e. The summed E-state index contributed by atoms with van der Waals surface area (Å²) in [6.07, 6.45) is 4.65. The molecule has 0 fully saturated rings. The van der Waals surface area contributed by atoms with Crippen molar-refractivity contribution in [2.45, 2.75) is 19.8 Å². The van der Waals surface area contributed by atoms with Gasteiger partial charge in [0.1, 0.15) is 5.69 Å². The number of anilines is 1. The standard InChI is InChI=1S/C15H19ClN4O/c1-11(10-17)6-7-14(21)19-13-5-2-4-12(16)15(13)20-9-3-8-18-20/h2-5,8-9,11H,6-7,10,17H2,1H3,(H,19,21). The third-order valence-electron chi connectivity index (χ3n) is 3.26. The second-order valence-corrected chi connectivity index (χ2v) is 5.42. The second-order valence-electron chi connectivity index (χ2n) is 5.01. The Balaban J connectivity index is 2.14. The van der Waals surface area contributed by atoms with Crippen LogP contribution in [-0.2, 0) is 4.79 Å². The van der Waals surface area contributed by atoms with Crippen molar-refractivity contribution in [3.05, 3.63) is 41.7 Å². The van der Waals surface area contributed by atoms with Crippen molar-refractivity contribution in [3.63, 3.8) is 0 Å². The molecule has 2 rings (SSSR count). The molecule has 2 aromatic rings. The zero-order chi connectivity index (χ0) is 15.2. The van der Waals surface area contributed by atoms with Crippen LogP contribution < -0.4 is 11.1 Å². The van der Waals surface area contributed by atoms with E-state index < -0.39 is 0 Å². The van der Waals surface area contributed by atoms with E-state index in [0.29, 0.717) is 35.3 Å². The fourth-order valence-corrected chi connectivity index (χ4v) is 2.22. The van der Waals surface area contributed by atoms with Gasteiger partial charge in [0, 0.05) is 18.8 Å². The van der Waals surface area contributed by atoms with Gasteiger partial charge in [0.25, 0.3) is 0 Å². The fourth-order valence-electron chi connectivity index (χ4n) is 1.96. The summed E-state index contributed by atoms with van der Waals surface area (Å²) in [6, 6.07) is 7.18. The molecule has 1 aromatic carbocycles. The Bertz CT molecular complexity index is 598. The minimum absolute atomic E-state index is 0.0500. The van der Waals surface area contributed by atoms with E-state index in [1.54, 1.807) is 35.3 Å². The summed E-state index contributed by atoms with van der Waals surface area (Å²) in [5.41, 5.74) is 6.88. The molecule has 0 aliphatic carbocycles. The van der Waals surface area contributed by atoms with Crippen LogP contribution in [0.3, 0.4) is 0 Å². The summed E-state index contributed by atoms with van der Waals surface area (Å²) >= 11 is 6.23. The van der Waals surface area contributed by atoms with E-state index >= 15 is 0 Å². The average Bonchev–Trinajstić information content (AvgIpc) is 2.98. The van der Waals surface area contributed by atoms with E-state index in [-0.39, 0.29) is 5.91 Å². The molecule has 0 spiro atoms. The molecule has 6 heteroatoms. The van der Waals surface area contributed by atoms with E-state index in [1.165, 1.54) is 0 Å². The maximum atomic E-state index is 12.0. The highest BCUT2D eigenvalue weighted by Gasteiger charge is 2.12. The maximum absolute atomic E-state index is 12.0. The van der Waals surface area contributed by atoms with E-state index in [9.17, 15) is 4.79 Å². The maximum Gasteiger partial charge on any atom is 0.224 e. The third-order valence-corrected chi connectivity index (χ3v) is 3.57. The minimum atomic E-state index is -0.0500.